The summed E-state index contributed by atoms with van der Waals surface area (Å²) in [7, 11) is 2.12. The van der Waals surface area contributed by atoms with Gasteiger partial charge in [-0.25, -0.2) is 9.59 Å². The van der Waals surface area contributed by atoms with Gasteiger partial charge in [-0.15, -0.1) is 0 Å². The van der Waals surface area contributed by atoms with Gasteiger partial charge in [-0.1, -0.05) is 19.1 Å². The summed E-state index contributed by atoms with van der Waals surface area (Å²) in [5, 5.41) is 11.4. The normalized spacial score (nSPS) is 19.6. The van der Waals surface area contributed by atoms with Gasteiger partial charge < -0.3 is 14.7 Å². The second-order valence-electron chi connectivity index (χ2n) is 10.2. The molecular weight excluding hydrogens is 454 g/mol. The number of fused-ring (bicyclic) bond motifs is 2. The number of hydrogen-bond donors (Lipinski definition) is 1. The molecule has 1 aromatic heterocycles. The fourth-order valence-electron chi connectivity index (χ4n) is 6.29. The standard InChI is InChI=1S/C29H33N3O4/c1-3-4-28(33)32(2,27-10-7-20-6-9-25(18-26(20)27)36-29(34)35)24-12-15-31(16-13-24)23-8-5-22-19-30-14-11-21(22)17-23/h5-6,8-9,11,14,17-19,24,27H,3-4,7,10,12-13,15-16H2,1-2H3/p+1. The summed E-state index contributed by atoms with van der Waals surface area (Å²) in [5.74, 6) is 0.598. The Balaban J connectivity index is 1.40. The summed E-state index contributed by atoms with van der Waals surface area (Å²) < 4.78 is 5.35. The van der Waals surface area contributed by atoms with Crippen molar-refractivity contribution in [1.82, 2.24) is 4.98 Å². The maximum atomic E-state index is 13.7. The zero-order valence-electron chi connectivity index (χ0n) is 21.0. The van der Waals surface area contributed by atoms with E-state index in [0.717, 1.165) is 56.1 Å². The summed E-state index contributed by atoms with van der Waals surface area (Å²) in [6, 6.07) is 14.3. The van der Waals surface area contributed by atoms with Gasteiger partial charge in [0.15, 0.2) is 0 Å². The van der Waals surface area contributed by atoms with E-state index >= 15 is 0 Å². The number of piperidine rings is 1. The first kappa shape index (κ1) is 24.3. The minimum absolute atomic E-state index is 0.0149. The second-order valence-corrected chi connectivity index (χ2v) is 10.2. The number of pyridine rings is 1. The largest absolute Gasteiger partial charge is 0.511 e. The van der Waals surface area contributed by atoms with Gasteiger partial charge >= 0.3 is 12.1 Å². The molecule has 1 fully saturated rings. The highest BCUT2D eigenvalue weighted by molar-refractivity contribution is 5.85. The maximum absolute atomic E-state index is 13.7. The van der Waals surface area contributed by atoms with Crippen LogP contribution in [0.2, 0.25) is 0 Å². The van der Waals surface area contributed by atoms with Crippen LogP contribution in [0.25, 0.3) is 10.8 Å². The number of ether oxygens (including phenoxy) is 1. The molecule has 0 spiro atoms. The topological polar surface area (TPSA) is 79.7 Å². The van der Waals surface area contributed by atoms with Crippen molar-refractivity contribution in [2.75, 3.05) is 25.0 Å². The van der Waals surface area contributed by atoms with Crippen LogP contribution in [-0.2, 0) is 11.2 Å². The third-order valence-electron chi connectivity index (χ3n) is 8.23. The zero-order chi connectivity index (χ0) is 25.3. The Kier molecular flexibility index (Phi) is 6.67. The molecule has 188 valence electrons. The molecule has 2 heterocycles. The summed E-state index contributed by atoms with van der Waals surface area (Å²) in [5.41, 5.74) is 3.46. The van der Waals surface area contributed by atoms with Crippen molar-refractivity contribution in [3.05, 3.63) is 66.0 Å². The van der Waals surface area contributed by atoms with E-state index in [1.807, 2.05) is 30.6 Å². The van der Waals surface area contributed by atoms with Crippen molar-refractivity contribution >= 4 is 28.5 Å². The van der Waals surface area contributed by atoms with E-state index in [1.54, 1.807) is 6.07 Å². The number of rotatable bonds is 6. The first-order valence-electron chi connectivity index (χ1n) is 12.9. The predicted octanol–water partition coefficient (Wildman–Crippen LogP) is 5.72. The number of quaternary nitrogens is 1. The number of anilines is 1. The van der Waals surface area contributed by atoms with Crippen LogP contribution in [0.3, 0.4) is 0 Å². The van der Waals surface area contributed by atoms with Gasteiger partial charge in [0.2, 0.25) is 0 Å². The monoisotopic (exact) mass is 488 g/mol. The van der Waals surface area contributed by atoms with Crippen LogP contribution in [-0.4, -0.2) is 52.8 Å². The Morgan fingerprint density at radius 1 is 1.08 bits per heavy atom. The van der Waals surface area contributed by atoms with Gasteiger partial charge in [-0.05, 0) is 54.1 Å². The molecule has 3 aromatic rings. The third kappa shape index (κ3) is 4.44. The van der Waals surface area contributed by atoms with Crippen molar-refractivity contribution in [2.45, 2.75) is 57.5 Å². The first-order valence-corrected chi connectivity index (χ1v) is 12.9. The molecule has 0 saturated carbocycles. The highest BCUT2D eigenvalue weighted by Crippen LogP contribution is 2.45. The molecule has 36 heavy (non-hydrogen) atoms. The lowest BCUT2D eigenvalue weighted by atomic mass is 9.93. The first-order chi connectivity index (χ1) is 17.4. The van der Waals surface area contributed by atoms with Gasteiger partial charge in [0.1, 0.15) is 11.8 Å². The average molecular weight is 489 g/mol. The molecule has 1 aliphatic carbocycles. The summed E-state index contributed by atoms with van der Waals surface area (Å²) >= 11 is 0. The number of benzene rings is 2. The van der Waals surface area contributed by atoms with E-state index in [2.05, 4.69) is 42.1 Å². The van der Waals surface area contributed by atoms with Crippen molar-refractivity contribution in [3.8, 4) is 5.75 Å². The number of aromatic nitrogens is 1. The molecule has 1 N–H and O–H groups in total. The fraction of sp³-hybridized carbons (Fsp3) is 0.414. The SMILES string of the molecule is CCCC(=O)[N+](C)(C1CCN(c2ccc3cnccc3c2)CC1)C1CCc2ccc(OC(=O)O)cc21. The van der Waals surface area contributed by atoms with Gasteiger partial charge in [0.25, 0.3) is 0 Å². The van der Waals surface area contributed by atoms with Crippen molar-refractivity contribution in [3.63, 3.8) is 0 Å². The van der Waals surface area contributed by atoms with E-state index in [1.165, 1.54) is 16.6 Å². The fourth-order valence-corrected chi connectivity index (χ4v) is 6.29. The summed E-state index contributed by atoms with van der Waals surface area (Å²) in [6.07, 6.45) is 7.40. The van der Waals surface area contributed by atoms with Crippen LogP contribution in [0.1, 0.15) is 56.2 Å². The number of amides is 1. The van der Waals surface area contributed by atoms with Crippen molar-refractivity contribution < 1.29 is 23.9 Å². The summed E-state index contributed by atoms with van der Waals surface area (Å²) in [6.45, 7) is 3.86. The Morgan fingerprint density at radius 2 is 1.89 bits per heavy atom. The Hall–Kier alpha value is -3.45. The number of carboxylic acid groups (broad SMARTS) is 1. The van der Waals surface area contributed by atoms with Crippen molar-refractivity contribution in [2.24, 2.45) is 0 Å². The molecule has 2 unspecified atom stereocenters. The molecule has 0 bridgehead atoms. The number of aryl methyl sites for hydroxylation is 1. The quantitative estimate of drug-likeness (QED) is 0.272. The Morgan fingerprint density at radius 3 is 2.64 bits per heavy atom. The molecule has 1 saturated heterocycles. The van der Waals surface area contributed by atoms with Gasteiger partial charge in [-0.2, -0.15) is 0 Å². The van der Waals surface area contributed by atoms with Crippen LogP contribution >= 0.6 is 0 Å². The molecule has 2 aromatic carbocycles. The smallest absolute Gasteiger partial charge is 0.449 e. The minimum atomic E-state index is -1.32. The lowest BCUT2D eigenvalue weighted by molar-refractivity contribution is -0.892. The lowest BCUT2D eigenvalue weighted by Gasteiger charge is -2.47. The minimum Gasteiger partial charge on any atom is -0.449 e. The molecule has 2 atom stereocenters. The molecule has 7 heteroatoms. The summed E-state index contributed by atoms with van der Waals surface area (Å²) in [4.78, 5) is 31.5. The number of hydrogen-bond acceptors (Lipinski definition) is 5. The number of carbonyl (C=O) groups excluding carboxylic acids is 1. The molecule has 5 rings (SSSR count). The van der Waals surface area contributed by atoms with Crippen LogP contribution in [0, 0.1) is 0 Å². The lowest BCUT2D eigenvalue weighted by Crippen LogP contribution is -2.60. The van der Waals surface area contributed by atoms with Gasteiger partial charge in [0, 0.05) is 61.4 Å². The predicted molar refractivity (Wildman–Crippen MR) is 139 cm³/mol. The molecular formula is C29H34N3O4+. The molecule has 1 aliphatic heterocycles. The van der Waals surface area contributed by atoms with E-state index in [-0.39, 0.29) is 18.0 Å². The van der Waals surface area contributed by atoms with Crippen LogP contribution in [0.5, 0.6) is 5.75 Å². The average Bonchev–Trinajstić information content (AvgIpc) is 3.31. The van der Waals surface area contributed by atoms with E-state index in [4.69, 9.17) is 9.84 Å². The Bertz CT molecular complexity index is 1280. The van der Waals surface area contributed by atoms with Gasteiger partial charge in [0.05, 0.1) is 19.5 Å². The van der Waals surface area contributed by atoms with Crippen LogP contribution in [0.4, 0.5) is 10.5 Å². The second kappa shape index (κ2) is 9.90. The van der Waals surface area contributed by atoms with Gasteiger partial charge in [-0.3, -0.25) is 9.47 Å². The van der Waals surface area contributed by atoms with Crippen molar-refractivity contribution in [1.29, 1.82) is 0 Å². The molecule has 7 nitrogen and oxygen atoms in total. The van der Waals surface area contributed by atoms with E-state index < -0.39 is 6.16 Å². The molecule has 1 amide bonds. The van der Waals surface area contributed by atoms with E-state index in [9.17, 15) is 9.59 Å². The Labute approximate surface area is 211 Å². The third-order valence-corrected chi connectivity index (χ3v) is 8.23. The number of carbonyl (C=O) groups is 2. The highest BCUT2D eigenvalue weighted by Gasteiger charge is 2.49. The van der Waals surface area contributed by atoms with E-state index in [0.29, 0.717) is 16.7 Å². The molecule has 0 radical (unpaired) electrons. The highest BCUT2D eigenvalue weighted by atomic mass is 16.7. The number of nitrogens with zero attached hydrogens (tertiary/aromatic N) is 3. The zero-order valence-corrected chi connectivity index (χ0v) is 21.0. The maximum Gasteiger partial charge on any atom is 0.511 e. The van der Waals surface area contributed by atoms with Crippen LogP contribution in [0.15, 0.2) is 54.9 Å². The molecule has 2 aliphatic rings. The van der Waals surface area contributed by atoms with Crippen LogP contribution < -0.4 is 9.64 Å².